The van der Waals surface area contributed by atoms with Crippen LogP contribution in [0.3, 0.4) is 0 Å². The second-order valence-corrected chi connectivity index (χ2v) is 39.2. The van der Waals surface area contributed by atoms with Crippen molar-refractivity contribution in [3.05, 3.63) is 426 Å². The number of benzene rings is 13. The lowest BCUT2D eigenvalue weighted by molar-refractivity contribution is -0.143. The van der Waals surface area contributed by atoms with E-state index in [1.54, 1.807) is 107 Å². The number of carbonyl (C=O) groups is 4. The molecule has 0 amide bonds. The number of aldehydes is 2. The van der Waals surface area contributed by atoms with Crippen molar-refractivity contribution in [2.75, 3.05) is 6.61 Å². The van der Waals surface area contributed by atoms with Crippen LogP contribution in [0.5, 0.6) is 0 Å². The molecule has 0 aliphatic carbocycles. The SMILES string of the molecule is CCOC(=O)Cn1c(C)c(Cc2cccc(S(=O)(=O)Cc3ccc(F)cc3)c2)c2cc(F)ccc21.Cc1c(Cc2cccc(S(=O)(=O)Cc3ccc(F)cc3)c2)c2cc(F)ccc2n1CC(=O)O.Fc1ccc(CSc2cccc(Br)c2)cc1.O=Cc1cccc(S(=O)(=O)Cc2ccc(F)cc2)c1.O=Cc1cccc(SCc2ccc(F)cc2)c1.Sc1cccc(Br)c1. The monoisotopic (exact) mass is 1970 g/mol. The van der Waals surface area contributed by atoms with E-state index in [0.29, 0.717) is 80.0 Å². The molecule has 0 saturated heterocycles. The maximum atomic E-state index is 14.1. The number of fused-ring (bicyclic) bond motifs is 2. The van der Waals surface area contributed by atoms with E-state index in [1.807, 2.05) is 79.7 Å². The van der Waals surface area contributed by atoms with Crippen LogP contribution in [-0.4, -0.2) is 70.6 Å². The van der Waals surface area contributed by atoms with Crippen LogP contribution in [-0.2, 0) is 98.5 Å². The second kappa shape index (κ2) is 47.1. The molecule has 15 aromatic rings. The van der Waals surface area contributed by atoms with Crippen LogP contribution in [0.25, 0.3) is 21.8 Å². The minimum atomic E-state index is -3.68. The minimum Gasteiger partial charge on any atom is -0.480 e. The Kier molecular flexibility index (Phi) is 36.3. The van der Waals surface area contributed by atoms with Gasteiger partial charge in [-0.3, -0.25) is 19.2 Å². The first-order valence-electron chi connectivity index (χ1n) is 39.2. The molecule has 0 aliphatic rings. The van der Waals surface area contributed by atoms with Gasteiger partial charge in [0.25, 0.3) is 0 Å². The van der Waals surface area contributed by atoms with Gasteiger partial charge in [-0.25, -0.2) is 56.0 Å². The van der Waals surface area contributed by atoms with E-state index >= 15 is 0 Å². The molecule has 0 aliphatic heterocycles. The minimum absolute atomic E-state index is 0.00606. The lowest BCUT2D eigenvalue weighted by atomic mass is 10.0. The standard InChI is InChI=1S/C27H25F2NO4S.C25H21F2NO4S.C14H11FO3S.C14H11FOS.C13H10BrFS.C6H5BrS/c1-3-34-27(31)16-30-18(2)24(25-15-22(29)11-12-26(25)30)14-20-5-4-6-23(13-20)35(32,33)17-19-7-9-21(28)10-8-19;1-16-22(23-13-20(27)9-10-24(23)28(16)14-25(29)30)12-18-3-2-4-21(11-18)33(31,32)15-17-5-7-19(26)8-6-17;15-13-6-4-11(5-7-13)10-19(17,18)14-3-1-2-12(8-14)9-16;15-13-6-4-11(5-7-13)10-17-14-3-1-2-12(8-14)9-16;14-11-2-1-3-13(8-11)16-9-10-4-6-12(15)7-5-10;7-5-2-1-3-6(8)4-5/h4-13,15H,3,14,16-17H2,1-2H3;2-11,13H,12,14-15H2,1H3,(H,29,30);1-9H,10H2;1-9H,10H2;1-8H,9H2;1-4,8H. The van der Waals surface area contributed by atoms with E-state index < -0.39 is 70.5 Å². The number of thioether (sulfide) groups is 2. The summed E-state index contributed by atoms with van der Waals surface area (Å²) in [5, 5.41) is 10.5. The van der Waals surface area contributed by atoms with Crippen molar-refractivity contribution in [3.63, 3.8) is 0 Å². The molecular weight excluding hydrogens is 1890 g/mol. The van der Waals surface area contributed by atoms with E-state index in [4.69, 9.17) is 4.74 Å². The van der Waals surface area contributed by atoms with Crippen molar-refractivity contribution >= 4 is 144 Å². The Balaban J connectivity index is 0.000000168. The number of ether oxygens (including phenoxy) is 1. The molecule has 0 atom stereocenters. The molecule has 2 aromatic heterocycles. The number of esters is 1. The molecule has 0 radical (unpaired) electrons. The smallest absolute Gasteiger partial charge is 0.325 e. The van der Waals surface area contributed by atoms with Crippen LogP contribution in [0.4, 0.5) is 30.7 Å². The number of hydrogen-bond donors (Lipinski definition) is 2. The van der Waals surface area contributed by atoms with Crippen LogP contribution in [0, 0.1) is 54.6 Å². The lowest BCUT2D eigenvalue weighted by Gasteiger charge is -2.09. The zero-order valence-corrected chi connectivity index (χ0v) is 77.0. The molecule has 2 heterocycles. The van der Waals surface area contributed by atoms with Gasteiger partial charge in [-0.15, -0.1) is 36.2 Å². The fourth-order valence-corrected chi connectivity index (χ4v) is 20.5. The summed E-state index contributed by atoms with van der Waals surface area (Å²) >= 11 is 14.2. The van der Waals surface area contributed by atoms with E-state index in [0.717, 1.165) is 70.0 Å². The van der Waals surface area contributed by atoms with Crippen molar-refractivity contribution in [2.24, 2.45) is 0 Å². The maximum absolute atomic E-state index is 14.1. The number of carboxylic acid groups (broad SMARTS) is 1. The molecule has 0 bridgehead atoms. The number of carboxylic acids is 1. The Morgan fingerprint density at radius 3 is 1.09 bits per heavy atom. The zero-order valence-electron chi connectivity index (χ0n) is 68.8. The molecule has 0 saturated carbocycles. The number of carbonyl (C=O) groups excluding carboxylic acids is 3. The quantitative estimate of drug-likeness (QED) is 0.0170. The van der Waals surface area contributed by atoms with Crippen molar-refractivity contribution in [1.29, 1.82) is 0 Å². The summed E-state index contributed by atoms with van der Waals surface area (Å²) in [5.74, 6) is -3.05. The number of aliphatic carboxylic acids is 1. The summed E-state index contributed by atoms with van der Waals surface area (Å²) in [6.45, 7) is 5.34. The topological polar surface area (TPSA) is 210 Å². The molecule has 1 N–H and O–H groups in total. The fourth-order valence-electron chi connectivity index (χ4n) is 13.1. The van der Waals surface area contributed by atoms with E-state index in [-0.39, 0.29) is 63.3 Å². The van der Waals surface area contributed by atoms with Crippen molar-refractivity contribution < 1.29 is 85.0 Å². The van der Waals surface area contributed by atoms with E-state index in [1.165, 1.54) is 163 Å². The zero-order chi connectivity index (χ0) is 92.2. The molecular formula is C99H83Br2F7N2O12S6. The lowest BCUT2D eigenvalue weighted by Crippen LogP contribution is -2.14. The fraction of sp³-hybridized carbons (Fsp3) is 0.131. The molecule has 14 nitrogen and oxygen atoms in total. The highest BCUT2D eigenvalue weighted by molar-refractivity contribution is 9.10. The van der Waals surface area contributed by atoms with Crippen molar-refractivity contribution in [3.8, 4) is 0 Å². The van der Waals surface area contributed by atoms with Crippen LogP contribution < -0.4 is 0 Å². The molecule has 0 spiro atoms. The third-order valence-electron chi connectivity index (χ3n) is 19.4. The average Bonchev–Trinajstić information content (AvgIpc) is 1.62. The van der Waals surface area contributed by atoms with Gasteiger partial charge in [-0.1, -0.05) is 153 Å². The molecule has 15 rings (SSSR count). The number of aromatic nitrogens is 2. The normalized spacial score (nSPS) is 11.1. The predicted molar refractivity (Wildman–Crippen MR) is 499 cm³/mol. The number of sulfone groups is 3. The maximum Gasteiger partial charge on any atom is 0.325 e. The Labute approximate surface area is 768 Å². The average molecular weight is 1980 g/mol. The summed E-state index contributed by atoms with van der Waals surface area (Å²) in [6.07, 6.45) is 2.08. The Morgan fingerprint density at radius 2 is 0.727 bits per heavy atom. The number of nitrogens with zero attached hydrogens (tertiary/aromatic N) is 2. The van der Waals surface area contributed by atoms with Gasteiger partial charge in [0.1, 0.15) is 66.4 Å². The van der Waals surface area contributed by atoms with Gasteiger partial charge in [0, 0.05) is 79.5 Å². The summed E-state index contributed by atoms with van der Waals surface area (Å²) in [4.78, 5) is 48.4. The van der Waals surface area contributed by atoms with Gasteiger partial charge in [0.2, 0.25) is 0 Å². The number of thiol groups is 1. The first kappa shape index (κ1) is 98.8. The highest BCUT2D eigenvalue weighted by Crippen LogP contribution is 2.34. The van der Waals surface area contributed by atoms with Crippen LogP contribution in [0.2, 0.25) is 0 Å². The van der Waals surface area contributed by atoms with Gasteiger partial charge >= 0.3 is 11.9 Å². The Hall–Kier alpha value is -11.4. The number of halogens is 9. The summed E-state index contributed by atoms with van der Waals surface area (Å²) < 4.78 is 179. The largest absolute Gasteiger partial charge is 0.480 e. The Morgan fingerprint density at radius 1 is 0.391 bits per heavy atom. The van der Waals surface area contributed by atoms with E-state index in [9.17, 15) is 80.3 Å². The van der Waals surface area contributed by atoms with Crippen LogP contribution in [0.15, 0.2) is 342 Å². The molecule has 29 heteroatoms. The second-order valence-electron chi connectivity index (χ2n) is 28.8. The molecule has 0 fully saturated rings. The molecule has 660 valence electrons. The predicted octanol–water partition coefficient (Wildman–Crippen LogP) is 24.4. The van der Waals surface area contributed by atoms with Gasteiger partial charge in [0.15, 0.2) is 29.5 Å². The highest BCUT2D eigenvalue weighted by Gasteiger charge is 2.24. The molecule has 0 unspecified atom stereocenters. The van der Waals surface area contributed by atoms with Crippen molar-refractivity contribution in [2.45, 2.75) is 105 Å². The molecule has 128 heavy (non-hydrogen) atoms. The molecule has 13 aromatic carbocycles. The number of rotatable bonds is 26. The third-order valence-corrected chi connectivity index (χ3v) is 27.8. The third kappa shape index (κ3) is 29.8. The van der Waals surface area contributed by atoms with Gasteiger partial charge in [0.05, 0.1) is 38.6 Å². The summed E-state index contributed by atoms with van der Waals surface area (Å²) in [6, 6.07) is 79.9. The van der Waals surface area contributed by atoms with Crippen molar-refractivity contribution in [1.82, 2.24) is 9.13 Å². The Bertz CT molecular complexity index is 6740. The van der Waals surface area contributed by atoms with Crippen LogP contribution >= 0.6 is 68.0 Å². The van der Waals surface area contributed by atoms with Crippen LogP contribution in [0.1, 0.15) is 89.1 Å². The number of hydrogen-bond acceptors (Lipinski definition) is 14. The van der Waals surface area contributed by atoms with Gasteiger partial charge in [-0.05, 0) is 266 Å². The first-order chi connectivity index (χ1) is 61.1. The summed E-state index contributed by atoms with van der Waals surface area (Å²) in [5.41, 5.74) is 10.4. The van der Waals surface area contributed by atoms with E-state index in [2.05, 4.69) is 56.6 Å². The van der Waals surface area contributed by atoms with Gasteiger partial charge < -0.3 is 19.0 Å². The first-order valence-corrected chi connectivity index (χ1v) is 48.2. The highest BCUT2D eigenvalue weighted by atomic mass is 79.9. The summed E-state index contributed by atoms with van der Waals surface area (Å²) in [7, 11) is -10.9. The van der Waals surface area contributed by atoms with Gasteiger partial charge in [-0.2, -0.15) is 0 Å².